The maximum Gasteiger partial charge on any atom is 0.242 e. The maximum absolute atomic E-state index is 13.1. The molecule has 0 unspecified atom stereocenters. The average Bonchev–Trinajstić information content (AvgIpc) is 3.12. The van der Waals surface area contributed by atoms with Crippen molar-refractivity contribution >= 4 is 11.8 Å². The zero-order valence-electron chi connectivity index (χ0n) is 15.4. The minimum atomic E-state index is 0.0466. The van der Waals surface area contributed by atoms with E-state index in [1.54, 1.807) is 13.1 Å². The second-order valence-corrected chi connectivity index (χ2v) is 8.12. The Balaban J connectivity index is 1.61. The molecular weight excluding hydrogens is 316 g/mol. The zero-order chi connectivity index (χ0) is 17.8. The molecule has 136 valence electrons. The molecule has 2 amide bonds. The van der Waals surface area contributed by atoms with Crippen molar-refractivity contribution in [3.8, 4) is 0 Å². The average molecular weight is 344 g/mol. The van der Waals surface area contributed by atoms with E-state index in [-0.39, 0.29) is 29.3 Å². The van der Waals surface area contributed by atoms with Crippen LogP contribution in [0.4, 0.5) is 0 Å². The molecule has 4 atom stereocenters. The van der Waals surface area contributed by atoms with Gasteiger partial charge in [-0.05, 0) is 25.7 Å². The molecule has 1 aromatic rings. The molecule has 6 nitrogen and oxygen atoms in total. The summed E-state index contributed by atoms with van der Waals surface area (Å²) in [6.07, 6.45) is 8.75. The number of amides is 2. The molecule has 25 heavy (non-hydrogen) atoms. The van der Waals surface area contributed by atoms with Crippen LogP contribution < -0.4 is 0 Å². The normalized spacial score (nSPS) is 33.6. The van der Waals surface area contributed by atoms with E-state index in [4.69, 9.17) is 0 Å². The molecule has 3 fully saturated rings. The van der Waals surface area contributed by atoms with Gasteiger partial charge in [0.2, 0.25) is 11.8 Å². The Morgan fingerprint density at radius 1 is 1.32 bits per heavy atom. The molecule has 2 bridgehead atoms. The standard InChI is InChI=1S/C19H28N4O2/c1-4-17-20-8-9-21(17)12-18(25)22-11-14-10-19(3)15(22)6-5-7-16(19)23(14)13(2)24/h8-9,14-16H,4-7,10-12H2,1-3H3/t14-,15+,16-,19+/m0/s1. The van der Waals surface area contributed by atoms with Gasteiger partial charge in [-0.1, -0.05) is 13.8 Å². The molecule has 0 aromatic carbocycles. The van der Waals surface area contributed by atoms with E-state index >= 15 is 0 Å². The van der Waals surface area contributed by atoms with E-state index in [1.807, 2.05) is 10.8 Å². The molecule has 0 N–H and O–H groups in total. The first-order chi connectivity index (χ1) is 12.0. The van der Waals surface area contributed by atoms with Crippen molar-refractivity contribution in [3.63, 3.8) is 0 Å². The number of hydrogen-bond donors (Lipinski definition) is 0. The van der Waals surface area contributed by atoms with Gasteiger partial charge in [0.1, 0.15) is 12.4 Å². The van der Waals surface area contributed by atoms with Crippen LogP contribution in [0, 0.1) is 5.41 Å². The zero-order valence-corrected chi connectivity index (χ0v) is 15.4. The number of aryl methyl sites for hydroxylation is 1. The largest absolute Gasteiger partial charge is 0.335 e. The monoisotopic (exact) mass is 344 g/mol. The lowest BCUT2D eigenvalue weighted by Gasteiger charge is -2.50. The van der Waals surface area contributed by atoms with E-state index < -0.39 is 0 Å². The Kier molecular flexibility index (Phi) is 3.89. The highest BCUT2D eigenvalue weighted by Crippen LogP contribution is 2.54. The number of carbonyl (C=O) groups is 2. The number of nitrogens with zero attached hydrogens (tertiary/aromatic N) is 4. The number of aromatic nitrogens is 2. The fourth-order valence-electron chi connectivity index (χ4n) is 5.78. The van der Waals surface area contributed by atoms with Crippen LogP contribution in [0.1, 0.15) is 52.3 Å². The lowest BCUT2D eigenvalue weighted by atomic mass is 9.66. The third-order valence-corrected chi connectivity index (χ3v) is 6.77. The smallest absolute Gasteiger partial charge is 0.242 e. The second-order valence-electron chi connectivity index (χ2n) is 8.12. The van der Waals surface area contributed by atoms with Crippen LogP contribution >= 0.6 is 0 Å². The van der Waals surface area contributed by atoms with Crippen molar-refractivity contribution < 1.29 is 9.59 Å². The quantitative estimate of drug-likeness (QED) is 0.841. The summed E-state index contributed by atoms with van der Waals surface area (Å²) in [5.74, 6) is 1.28. The minimum absolute atomic E-state index is 0.0466. The summed E-state index contributed by atoms with van der Waals surface area (Å²) in [6.45, 7) is 7.07. The van der Waals surface area contributed by atoms with Crippen molar-refractivity contribution in [1.82, 2.24) is 19.4 Å². The molecule has 3 aliphatic rings. The second kappa shape index (κ2) is 5.85. The third kappa shape index (κ3) is 2.41. The topological polar surface area (TPSA) is 58.4 Å². The molecule has 2 aliphatic heterocycles. The lowest BCUT2D eigenvalue weighted by molar-refractivity contribution is -0.140. The van der Waals surface area contributed by atoms with E-state index in [9.17, 15) is 9.59 Å². The summed E-state index contributed by atoms with van der Waals surface area (Å²) in [7, 11) is 0. The summed E-state index contributed by atoms with van der Waals surface area (Å²) in [5.41, 5.74) is 0.0466. The molecule has 3 heterocycles. The Bertz CT molecular complexity index is 699. The van der Waals surface area contributed by atoms with Crippen LogP contribution in [0.2, 0.25) is 0 Å². The van der Waals surface area contributed by atoms with Crippen molar-refractivity contribution in [1.29, 1.82) is 0 Å². The highest BCUT2D eigenvalue weighted by molar-refractivity contribution is 5.78. The SMILES string of the molecule is CCc1nccn1CC(=O)N1C[C@@H]2C[C@@]3(C)[C@H](CCC[C@@H]13)N2C(C)=O. The number of likely N-dealkylation sites (tertiary alicyclic amines) is 2. The highest BCUT2D eigenvalue weighted by atomic mass is 16.2. The molecule has 0 radical (unpaired) electrons. The maximum atomic E-state index is 13.1. The minimum Gasteiger partial charge on any atom is -0.335 e. The first-order valence-electron chi connectivity index (χ1n) is 9.54. The van der Waals surface area contributed by atoms with Crippen LogP contribution in [-0.2, 0) is 22.6 Å². The molecular formula is C19H28N4O2. The summed E-state index contributed by atoms with van der Waals surface area (Å²) >= 11 is 0. The number of rotatable bonds is 3. The molecule has 1 aliphatic carbocycles. The van der Waals surface area contributed by atoms with Crippen molar-refractivity contribution in [3.05, 3.63) is 18.2 Å². The van der Waals surface area contributed by atoms with Gasteiger partial charge in [0, 0.05) is 49.8 Å². The van der Waals surface area contributed by atoms with E-state index in [2.05, 4.69) is 28.6 Å². The van der Waals surface area contributed by atoms with Gasteiger partial charge in [-0.2, -0.15) is 0 Å². The van der Waals surface area contributed by atoms with Gasteiger partial charge in [0.15, 0.2) is 0 Å². The van der Waals surface area contributed by atoms with Crippen molar-refractivity contribution in [2.24, 2.45) is 5.41 Å². The molecule has 6 heteroatoms. The van der Waals surface area contributed by atoms with Crippen molar-refractivity contribution in [2.45, 2.75) is 77.5 Å². The molecule has 1 saturated carbocycles. The molecule has 0 spiro atoms. The van der Waals surface area contributed by atoms with Gasteiger partial charge in [0.25, 0.3) is 0 Å². The molecule has 4 rings (SSSR count). The van der Waals surface area contributed by atoms with Crippen molar-refractivity contribution in [2.75, 3.05) is 6.54 Å². The van der Waals surface area contributed by atoms with Crippen LogP contribution in [0.15, 0.2) is 12.4 Å². The van der Waals surface area contributed by atoms with Crippen LogP contribution in [-0.4, -0.2) is 55.8 Å². The fraction of sp³-hybridized carbons (Fsp3) is 0.737. The van der Waals surface area contributed by atoms with Gasteiger partial charge in [-0.15, -0.1) is 0 Å². The van der Waals surface area contributed by atoms with Crippen LogP contribution in [0.5, 0.6) is 0 Å². The summed E-state index contributed by atoms with van der Waals surface area (Å²) in [6, 6.07) is 0.734. The Labute approximate surface area is 149 Å². The van der Waals surface area contributed by atoms with Crippen LogP contribution in [0.25, 0.3) is 0 Å². The number of carbonyl (C=O) groups excluding carboxylic acids is 2. The number of hydrogen-bond acceptors (Lipinski definition) is 3. The highest BCUT2D eigenvalue weighted by Gasteiger charge is 2.61. The van der Waals surface area contributed by atoms with Crippen LogP contribution in [0.3, 0.4) is 0 Å². The molecule has 2 saturated heterocycles. The summed E-state index contributed by atoms with van der Waals surface area (Å²) in [4.78, 5) is 33.9. The predicted molar refractivity (Wildman–Crippen MR) is 93.8 cm³/mol. The van der Waals surface area contributed by atoms with E-state index in [0.29, 0.717) is 19.1 Å². The number of piperidine rings is 1. The summed E-state index contributed by atoms with van der Waals surface area (Å²) < 4.78 is 1.96. The Hall–Kier alpha value is -1.85. The summed E-state index contributed by atoms with van der Waals surface area (Å²) in [5, 5.41) is 0. The van der Waals surface area contributed by atoms with E-state index in [1.165, 1.54) is 0 Å². The predicted octanol–water partition coefficient (Wildman–Crippen LogP) is 1.84. The number of fused-ring (bicyclic) bond motifs is 1. The number of imidazole rings is 1. The van der Waals surface area contributed by atoms with Gasteiger partial charge in [-0.3, -0.25) is 9.59 Å². The fourth-order valence-corrected chi connectivity index (χ4v) is 5.78. The third-order valence-electron chi connectivity index (χ3n) is 6.77. The Morgan fingerprint density at radius 3 is 2.80 bits per heavy atom. The van der Waals surface area contributed by atoms with Gasteiger partial charge in [0.05, 0.1) is 6.04 Å². The van der Waals surface area contributed by atoms with Gasteiger partial charge >= 0.3 is 0 Å². The first-order valence-corrected chi connectivity index (χ1v) is 9.54. The van der Waals surface area contributed by atoms with Gasteiger partial charge < -0.3 is 14.4 Å². The lowest BCUT2D eigenvalue weighted by Crippen LogP contribution is -2.58. The first kappa shape index (κ1) is 16.6. The molecule has 1 aromatic heterocycles. The van der Waals surface area contributed by atoms with E-state index in [0.717, 1.165) is 37.9 Å². The Morgan fingerprint density at radius 2 is 2.08 bits per heavy atom. The van der Waals surface area contributed by atoms with Gasteiger partial charge in [-0.25, -0.2) is 4.98 Å².